The molecule has 0 spiro atoms. The van der Waals surface area contributed by atoms with Gasteiger partial charge < -0.3 is 10.4 Å². The monoisotopic (exact) mass is 637 g/mol. The summed E-state index contributed by atoms with van der Waals surface area (Å²) in [5.74, 6) is -2.24. The van der Waals surface area contributed by atoms with Crippen molar-refractivity contribution in [2.24, 2.45) is 0 Å². The largest absolute Gasteiger partial charge is 0.481 e. The number of carbonyl (C=O) groups excluding carboxylic acids is 2. The van der Waals surface area contributed by atoms with Crippen molar-refractivity contribution in [2.75, 3.05) is 0 Å². The quantitative estimate of drug-likeness (QED) is 0.196. The van der Waals surface area contributed by atoms with Gasteiger partial charge in [0.25, 0.3) is 15.9 Å². The van der Waals surface area contributed by atoms with Gasteiger partial charge in [0.2, 0.25) is 5.91 Å². The van der Waals surface area contributed by atoms with Crippen molar-refractivity contribution in [3.05, 3.63) is 100 Å². The van der Waals surface area contributed by atoms with Crippen molar-refractivity contribution in [2.45, 2.75) is 57.0 Å². The average Bonchev–Trinajstić information content (AvgIpc) is 3.36. The van der Waals surface area contributed by atoms with E-state index < -0.39 is 33.8 Å². The predicted octanol–water partition coefficient (Wildman–Crippen LogP) is 4.24. The zero-order valence-corrected chi connectivity index (χ0v) is 25.7. The van der Waals surface area contributed by atoms with Gasteiger partial charge in [-0.3, -0.25) is 24.0 Å². The molecule has 11 nitrogen and oxygen atoms in total. The van der Waals surface area contributed by atoms with Crippen LogP contribution in [0.4, 0.5) is 0 Å². The number of carboxylic acids is 1. The highest BCUT2D eigenvalue weighted by Gasteiger charge is 2.23. The molecule has 2 heterocycles. The van der Waals surface area contributed by atoms with E-state index in [4.69, 9.17) is 11.6 Å². The second kappa shape index (κ2) is 14.3. The summed E-state index contributed by atoms with van der Waals surface area (Å²) in [5.41, 5.74) is 3.19. The third kappa shape index (κ3) is 8.29. The molecule has 4 aromatic rings. The van der Waals surface area contributed by atoms with E-state index in [9.17, 15) is 27.9 Å². The first-order valence-corrected chi connectivity index (χ1v) is 15.7. The SMILES string of the molecule is CCCc1cc(C(=O)NC(CC(=O)O)Cc2ccccc2Cl)nn1Cc1ccc(-c2ccccc2S(=O)(=O)NC(C)=O)nc1. The van der Waals surface area contributed by atoms with E-state index >= 15 is 0 Å². The van der Waals surface area contributed by atoms with Gasteiger partial charge in [-0.25, -0.2) is 13.1 Å². The molecule has 0 radical (unpaired) electrons. The Balaban J connectivity index is 1.54. The van der Waals surface area contributed by atoms with Crippen LogP contribution in [0.15, 0.2) is 77.8 Å². The van der Waals surface area contributed by atoms with Crippen molar-refractivity contribution < 1.29 is 27.9 Å². The predicted molar refractivity (Wildman–Crippen MR) is 165 cm³/mol. The van der Waals surface area contributed by atoms with E-state index in [1.807, 2.05) is 11.6 Å². The minimum absolute atomic E-state index is 0.0702. The molecule has 0 aliphatic carbocycles. The van der Waals surface area contributed by atoms with Gasteiger partial charge in [0, 0.05) is 35.4 Å². The Bertz CT molecular complexity index is 1770. The zero-order chi connectivity index (χ0) is 31.9. The van der Waals surface area contributed by atoms with Crippen LogP contribution >= 0.6 is 11.6 Å². The fraction of sp³-hybridized carbons (Fsp3) is 0.258. The van der Waals surface area contributed by atoms with Crippen LogP contribution in [-0.2, 0) is 39.0 Å². The standard InChI is InChI=1S/C31H32ClN5O6S/c1-3-8-24-17-28(31(41)34-23(16-30(39)40)15-22-9-4-6-11-26(22)32)35-37(24)19-21-13-14-27(33-18-21)25-10-5-7-12-29(25)44(42,43)36-20(2)38/h4-7,9-14,17-18,23H,3,8,15-16,19H2,1-2H3,(H,34,41)(H,36,38)(H,39,40). The van der Waals surface area contributed by atoms with Gasteiger partial charge in [-0.05, 0) is 48.2 Å². The number of nitrogens with one attached hydrogen (secondary N) is 2. The molecule has 2 aromatic heterocycles. The van der Waals surface area contributed by atoms with Crippen molar-refractivity contribution in [1.82, 2.24) is 24.8 Å². The number of aliphatic carboxylic acids is 1. The number of rotatable bonds is 13. The Labute approximate surface area is 260 Å². The highest BCUT2D eigenvalue weighted by Crippen LogP contribution is 2.26. The summed E-state index contributed by atoms with van der Waals surface area (Å²) < 4.78 is 29.1. The van der Waals surface area contributed by atoms with Gasteiger partial charge in [0.05, 0.1) is 23.6 Å². The molecule has 0 bridgehead atoms. The maximum atomic E-state index is 13.2. The third-order valence-corrected chi connectivity index (χ3v) is 8.53. The fourth-order valence-electron chi connectivity index (χ4n) is 4.74. The van der Waals surface area contributed by atoms with E-state index in [-0.39, 0.29) is 23.4 Å². The van der Waals surface area contributed by atoms with Crippen molar-refractivity contribution >= 4 is 39.4 Å². The Morgan fingerprint density at radius 3 is 2.43 bits per heavy atom. The van der Waals surface area contributed by atoms with Crippen molar-refractivity contribution in [3.63, 3.8) is 0 Å². The smallest absolute Gasteiger partial charge is 0.305 e. The van der Waals surface area contributed by atoms with Gasteiger partial charge >= 0.3 is 5.97 Å². The highest BCUT2D eigenvalue weighted by molar-refractivity contribution is 7.90. The van der Waals surface area contributed by atoms with Crippen LogP contribution in [-0.4, -0.2) is 52.1 Å². The maximum absolute atomic E-state index is 13.2. The summed E-state index contributed by atoms with van der Waals surface area (Å²) in [6, 6.07) is 17.8. The summed E-state index contributed by atoms with van der Waals surface area (Å²) in [5, 5.41) is 17.2. The van der Waals surface area contributed by atoms with Crippen LogP contribution in [0, 0.1) is 0 Å². The minimum Gasteiger partial charge on any atom is -0.481 e. The molecule has 2 amide bonds. The Kier molecular flexibility index (Phi) is 10.5. The van der Waals surface area contributed by atoms with E-state index in [2.05, 4.69) is 15.4 Å². The number of benzene rings is 2. The second-order valence-corrected chi connectivity index (χ2v) is 12.3. The topological polar surface area (TPSA) is 160 Å². The first kappa shape index (κ1) is 32.4. The van der Waals surface area contributed by atoms with Crippen molar-refractivity contribution in [3.8, 4) is 11.3 Å². The number of carbonyl (C=O) groups is 3. The van der Waals surface area contributed by atoms with Crippen LogP contribution in [0.25, 0.3) is 11.3 Å². The van der Waals surface area contributed by atoms with Crippen LogP contribution < -0.4 is 10.0 Å². The zero-order valence-electron chi connectivity index (χ0n) is 24.2. The lowest BCUT2D eigenvalue weighted by atomic mass is 10.0. The first-order valence-electron chi connectivity index (χ1n) is 13.9. The normalized spacial score (nSPS) is 12.0. The molecule has 13 heteroatoms. The van der Waals surface area contributed by atoms with E-state index in [1.54, 1.807) is 71.5 Å². The molecule has 44 heavy (non-hydrogen) atoms. The van der Waals surface area contributed by atoms with Crippen LogP contribution in [0.2, 0.25) is 5.02 Å². The van der Waals surface area contributed by atoms with Gasteiger partial charge in [-0.15, -0.1) is 0 Å². The fourth-order valence-corrected chi connectivity index (χ4v) is 6.16. The van der Waals surface area contributed by atoms with E-state index in [0.29, 0.717) is 29.2 Å². The number of pyridine rings is 1. The number of hydrogen-bond donors (Lipinski definition) is 3. The Hall–Kier alpha value is -4.55. The molecule has 230 valence electrons. The number of amides is 2. The number of carboxylic acid groups (broad SMARTS) is 1. The number of nitrogens with zero attached hydrogens (tertiary/aromatic N) is 3. The molecule has 0 saturated heterocycles. The molecular formula is C31H32ClN5O6S. The molecule has 3 N–H and O–H groups in total. The highest BCUT2D eigenvalue weighted by atomic mass is 35.5. The molecule has 0 fully saturated rings. The number of hydrogen-bond acceptors (Lipinski definition) is 7. The number of aryl methyl sites for hydroxylation is 1. The Morgan fingerprint density at radius 1 is 1.05 bits per heavy atom. The lowest BCUT2D eigenvalue weighted by Crippen LogP contribution is -2.38. The van der Waals surface area contributed by atoms with Crippen LogP contribution in [0.3, 0.4) is 0 Å². The summed E-state index contributed by atoms with van der Waals surface area (Å²) in [6.07, 6.45) is 3.01. The van der Waals surface area contributed by atoms with Crippen LogP contribution in [0.1, 0.15) is 54.0 Å². The summed E-state index contributed by atoms with van der Waals surface area (Å²) >= 11 is 6.26. The van der Waals surface area contributed by atoms with Gasteiger partial charge in [-0.1, -0.05) is 67.4 Å². The number of aromatic nitrogens is 3. The van der Waals surface area contributed by atoms with Gasteiger partial charge in [-0.2, -0.15) is 5.10 Å². The minimum atomic E-state index is -4.08. The molecule has 0 aliphatic heterocycles. The first-order chi connectivity index (χ1) is 21.0. The summed E-state index contributed by atoms with van der Waals surface area (Å²) in [7, 11) is -4.08. The van der Waals surface area contributed by atoms with Crippen molar-refractivity contribution in [1.29, 1.82) is 0 Å². The summed E-state index contributed by atoms with van der Waals surface area (Å²) in [4.78, 5) is 40.6. The molecule has 1 unspecified atom stereocenters. The lowest BCUT2D eigenvalue weighted by Gasteiger charge is -2.17. The summed E-state index contributed by atoms with van der Waals surface area (Å²) in [6.45, 7) is 3.42. The third-order valence-electron chi connectivity index (χ3n) is 6.67. The lowest BCUT2D eigenvalue weighted by molar-refractivity contribution is -0.137. The molecule has 0 aliphatic rings. The molecule has 4 rings (SSSR count). The molecule has 0 saturated carbocycles. The van der Waals surface area contributed by atoms with E-state index in [1.165, 1.54) is 6.07 Å². The maximum Gasteiger partial charge on any atom is 0.305 e. The number of sulfonamides is 1. The average molecular weight is 638 g/mol. The number of halogens is 1. The van der Waals surface area contributed by atoms with Gasteiger partial charge in [0.1, 0.15) is 5.69 Å². The second-order valence-electron chi connectivity index (χ2n) is 10.2. The van der Waals surface area contributed by atoms with Gasteiger partial charge in [0.15, 0.2) is 0 Å². The molecule has 1 atom stereocenters. The van der Waals surface area contributed by atoms with Crippen LogP contribution in [0.5, 0.6) is 0 Å². The molecule has 2 aromatic carbocycles. The molecular weight excluding hydrogens is 606 g/mol. The van der Waals surface area contributed by atoms with E-state index in [0.717, 1.165) is 30.2 Å². The Morgan fingerprint density at radius 2 is 1.77 bits per heavy atom.